The van der Waals surface area contributed by atoms with Crippen LogP contribution in [0.3, 0.4) is 0 Å². The molecule has 0 bridgehead atoms. The van der Waals surface area contributed by atoms with E-state index >= 15 is 0 Å². The molecule has 3 aromatic rings. The molecule has 0 saturated carbocycles. The van der Waals surface area contributed by atoms with Gasteiger partial charge in [-0.3, -0.25) is 4.79 Å². The molecule has 1 amide bonds. The Balaban J connectivity index is 1.60. The van der Waals surface area contributed by atoms with Gasteiger partial charge in [-0.15, -0.1) is 0 Å². The normalized spacial score (nSPS) is 14.3. The van der Waals surface area contributed by atoms with Gasteiger partial charge in [0, 0.05) is 18.4 Å². The van der Waals surface area contributed by atoms with Crippen LogP contribution in [0.5, 0.6) is 0 Å². The van der Waals surface area contributed by atoms with E-state index in [9.17, 15) is 13.6 Å². The van der Waals surface area contributed by atoms with E-state index in [-0.39, 0.29) is 17.5 Å². The molecule has 1 aliphatic rings. The fraction of sp³-hybridized carbons (Fsp3) is 0.273. The van der Waals surface area contributed by atoms with Gasteiger partial charge < -0.3 is 10.2 Å². The zero-order valence-corrected chi connectivity index (χ0v) is 16.0. The van der Waals surface area contributed by atoms with Crippen LogP contribution in [-0.2, 0) is 0 Å². The van der Waals surface area contributed by atoms with Gasteiger partial charge in [-0.2, -0.15) is 5.10 Å². The van der Waals surface area contributed by atoms with E-state index in [1.165, 1.54) is 46.7 Å². The Bertz CT molecular complexity index is 977. The summed E-state index contributed by atoms with van der Waals surface area (Å²) < 4.78 is 28.1. The second-order valence-corrected chi connectivity index (χ2v) is 7.27. The average molecular weight is 397 g/mol. The van der Waals surface area contributed by atoms with Crippen LogP contribution >= 0.6 is 0 Å². The van der Waals surface area contributed by atoms with Crippen molar-refractivity contribution in [2.24, 2.45) is 0 Å². The summed E-state index contributed by atoms with van der Waals surface area (Å²) in [4.78, 5) is 14.4. The maximum atomic E-state index is 13.3. The first-order valence-electron chi connectivity index (χ1n) is 9.84. The van der Waals surface area contributed by atoms with E-state index in [4.69, 9.17) is 0 Å². The minimum Gasteiger partial charge on any atom is -0.345 e. The van der Waals surface area contributed by atoms with Crippen LogP contribution in [0.15, 0.2) is 54.6 Å². The number of nitrogens with zero attached hydrogens (tertiary/aromatic N) is 2. The Kier molecular flexibility index (Phi) is 5.67. The maximum Gasteiger partial charge on any atom is 0.270 e. The van der Waals surface area contributed by atoms with Crippen molar-refractivity contribution in [3.63, 3.8) is 0 Å². The molecule has 1 aliphatic heterocycles. The maximum absolute atomic E-state index is 13.3. The first-order valence-corrected chi connectivity index (χ1v) is 9.84. The molecule has 4 rings (SSSR count). The molecule has 0 spiro atoms. The molecule has 7 heteroatoms. The van der Waals surface area contributed by atoms with Crippen molar-refractivity contribution in [2.45, 2.75) is 12.8 Å². The summed E-state index contributed by atoms with van der Waals surface area (Å²) in [5.41, 5.74) is 2.18. The van der Waals surface area contributed by atoms with Crippen molar-refractivity contribution in [3.05, 3.63) is 71.9 Å². The Morgan fingerprint density at radius 3 is 2.28 bits per heavy atom. The van der Waals surface area contributed by atoms with Crippen LogP contribution < -0.4 is 10.2 Å². The highest BCUT2D eigenvalue weighted by atomic mass is 19.1. The van der Waals surface area contributed by atoms with Crippen LogP contribution in [-0.4, -0.2) is 41.9 Å². The molecular formula is C22H23F2N4O+. The number of carbonyl (C=O) groups is 1. The number of nitrogens with one attached hydrogen (secondary N) is 2. The lowest BCUT2D eigenvalue weighted by atomic mass is 10.1. The lowest BCUT2D eigenvalue weighted by Gasteiger charge is -2.13. The summed E-state index contributed by atoms with van der Waals surface area (Å²) in [6, 6.07) is 13.4. The summed E-state index contributed by atoms with van der Waals surface area (Å²) in [7, 11) is 0. The lowest BCUT2D eigenvalue weighted by Crippen LogP contribution is -3.10. The summed E-state index contributed by atoms with van der Waals surface area (Å²) >= 11 is 0. The molecule has 2 aromatic carbocycles. The lowest BCUT2D eigenvalue weighted by molar-refractivity contribution is -0.886. The smallest absolute Gasteiger partial charge is 0.270 e. The van der Waals surface area contributed by atoms with Crippen molar-refractivity contribution >= 4 is 5.91 Å². The van der Waals surface area contributed by atoms with E-state index in [1.807, 2.05) is 0 Å². The molecule has 2 N–H and O–H groups in total. The van der Waals surface area contributed by atoms with E-state index in [1.54, 1.807) is 30.3 Å². The van der Waals surface area contributed by atoms with Crippen LogP contribution in [0.1, 0.15) is 23.3 Å². The fourth-order valence-electron chi connectivity index (χ4n) is 3.65. The fourth-order valence-corrected chi connectivity index (χ4v) is 3.65. The predicted molar refractivity (Wildman–Crippen MR) is 106 cm³/mol. The van der Waals surface area contributed by atoms with Gasteiger partial charge in [0.05, 0.1) is 37.6 Å². The Hall–Kier alpha value is -3.06. The number of rotatable bonds is 6. The van der Waals surface area contributed by atoms with Gasteiger partial charge in [-0.1, -0.05) is 0 Å². The monoisotopic (exact) mass is 397 g/mol. The molecule has 0 aliphatic carbocycles. The number of aromatic nitrogens is 2. The Morgan fingerprint density at radius 2 is 1.62 bits per heavy atom. The minimum absolute atomic E-state index is 0.242. The largest absolute Gasteiger partial charge is 0.345 e. The molecule has 1 aromatic heterocycles. The third-order valence-electron chi connectivity index (χ3n) is 5.23. The second kappa shape index (κ2) is 8.53. The Labute approximate surface area is 168 Å². The van der Waals surface area contributed by atoms with Crippen LogP contribution in [0.25, 0.3) is 16.9 Å². The number of hydrogen-bond acceptors (Lipinski definition) is 2. The molecule has 0 unspecified atom stereocenters. The van der Waals surface area contributed by atoms with Crippen molar-refractivity contribution in [3.8, 4) is 16.9 Å². The summed E-state index contributed by atoms with van der Waals surface area (Å²) in [5, 5.41) is 7.49. The number of quaternary nitrogens is 1. The first kappa shape index (κ1) is 19.3. The predicted octanol–water partition coefficient (Wildman–Crippen LogP) is 2.23. The number of likely N-dealkylation sites (tertiary alicyclic amines) is 1. The zero-order valence-electron chi connectivity index (χ0n) is 16.0. The molecule has 29 heavy (non-hydrogen) atoms. The van der Waals surface area contributed by atoms with Gasteiger partial charge in [0.15, 0.2) is 0 Å². The van der Waals surface area contributed by atoms with Crippen molar-refractivity contribution in [1.29, 1.82) is 0 Å². The summed E-state index contributed by atoms with van der Waals surface area (Å²) in [5.74, 6) is -0.942. The van der Waals surface area contributed by atoms with Gasteiger partial charge in [0.25, 0.3) is 5.91 Å². The van der Waals surface area contributed by atoms with Crippen molar-refractivity contribution < 1.29 is 18.5 Å². The van der Waals surface area contributed by atoms with Gasteiger partial charge in [0.2, 0.25) is 0 Å². The summed E-state index contributed by atoms with van der Waals surface area (Å²) in [6.45, 7) is 3.77. The molecule has 0 atom stereocenters. The van der Waals surface area contributed by atoms with Gasteiger partial charge in [-0.05, 0) is 54.6 Å². The van der Waals surface area contributed by atoms with Gasteiger partial charge in [0.1, 0.15) is 17.3 Å². The number of benzene rings is 2. The number of carbonyl (C=O) groups excluding carboxylic acids is 1. The standard InChI is InChI=1S/C22H22F2N4O/c23-17-5-3-16(4-6-17)20-15-21(22(29)25-11-14-27-12-1-2-13-27)28(26-20)19-9-7-18(24)8-10-19/h3-10,15H,1-2,11-14H2,(H,25,29)/p+1. The minimum atomic E-state index is -0.362. The molecule has 0 radical (unpaired) electrons. The molecular weight excluding hydrogens is 374 g/mol. The molecule has 1 fully saturated rings. The van der Waals surface area contributed by atoms with Crippen molar-refractivity contribution in [2.75, 3.05) is 26.2 Å². The first-order chi connectivity index (χ1) is 14.1. The topological polar surface area (TPSA) is 51.4 Å². The average Bonchev–Trinajstić information content (AvgIpc) is 3.39. The number of halogens is 2. The third kappa shape index (κ3) is 4.51. The van der Waals surface area contributed by atoms with E-state index in [0.29, 0.717) is 29.2 Å². The van der Waals surface area contributed by atoms with Gasteiger partial charge >= 0.3 is 0 Å². The molecule has 150 valence electrons. The number of hydrogen-bond donors (Lipinski definition) is 2. The Morgan fingerprint density at radius 1 is 1.00 bits per heavy atom. The SMILES string of the molecule is O=C(NCC[NH+]1CCCC1)c1cc(-c2ccc(F)cc2)nn1-c1ccc(F)cc1. The quantitative estimate of drug-likeness (QED) is 0.670. The van der Waals surface area contributed by atoms with E-state index in [0.717, 1.165) is 19.6 Å². The van der Waals surface area contributed by atoms with Crippen LogP contribution in [0.4, 0.5) is 8.78 Å². The van der Waals surface area contributed by atoms with E-state index in [2.05, 4.69) is 10.4 Å². The van der Waals surface area contributed by atoms with Crippen molar-refractivity contribution in [1.82, 2.24) is 15.1 Å². The molecule has 2 heterocycles. The molecule has 5 nitrogen and oxygen atoms in total. The highest BCUT2D eigenvalue weighted by Crippen LogP contribution is 2.22. The molecule has 1 saturated heterocycles. The summed E-state index contributed by atoms with van der Waals surface area (Å²) in [6.07, 6.45) is 2.48. The van der Waals surface area contributed by atoms with Crippen LogP contribution in [0.2, 0.25) is 0 Å². The highest BCUT2D eigenvalue weighted by Gasteiger charge is 2.19. The second-order valence-electron chi connectivity index (χ2n) is 7.27. The van der Waals surface area contributed by atoms with E-state index < -0.39 is 0 Å². The number of amides is 1. The van der Waals surface area contributed by atoms with Crippen LogP contribution in [0, 0.1) is 11.6 Å². The third-order valence-corrected chi connectivity index (χ3v) is 5.23. The van der Waals surface area contributed by atoms with Gasteiger partial charge in [-0.25, -0.2) is 13.5 Å². The highest BCUT2D eigenvalue weighted by molar-refractivity contribution is 5.94. The zero-order chi connectivity index (χ0) is 20.2.